The number of thiocarbonyl (C=S) groups is 1. The van der Waals surface area contributed by atoms with E-state index in [0.717, 1.165) is 13.1 Å². The van der Waals surface area contributed by atoms with Gasteiger partial charge in [0.25, 0.3) is 0 Å². The fourth-order valence-electron chi connectivity index (χ4n) is 1.09. The van der Waals surface area contributed by atoms with E-state index in [0.29, 0.717) is 6.04 Å². The van der Waals surface area contributed by atoms with Gasteiger partial charge >= 0.3 is 0 Å². The number of rotatable bonds is 2. The molecule has 0 radical (unpaired) electrons. The third kappa shape index (κ3) is 2.28. The van der Waals surface area contributed by atoms with E-state index in [4.69, 9.17) is 0 Å². The molecule has 0 saturated carbocycles. The summed E-state index contributed by atoms with van der Waals surface area (Å²) in [6.45, 7) is 2.22. The van der Waals surface area contributed by atoms with E-state index in [-0.39, 0.29) is 0 Å². The van der Waals surface area contributed by atoms with Crippen molar-refractivity contribution in [3.8, 4) is 0 Å². The quantitative estimate of drug-likeness (QED) is 0.545. The number of piperidine rings is 1. The molecule has 0 amide bonds. The summed E-state index contributed by atoms with van der Waals surface area (Å²) in [5.41, 5.74) is 1.61. The Morgan fingerprint density at radius 1 is 1.67 bits per heavy atom. The molecule has 1 rings (SSSR count). The Balaban J connectivity index is 2.15. The van der Waals surface area contributed by atoms with E-state index in [2.05, 4.69) is 22.9 Å². The minimum absolute atomic E-state index is 0.580. The van der Waals surface area contributed by atoms with Gasteiger partial charge in [0, 0.05) is 12.6 Å². The first-order chi connectivity index (χ1) is 4.43. The zero-order valence-corrected chi connectivity index (χ0v) is 6.21. The zero-order chi connectivity index (χ0) is 6.53. The van der Waals surface area contributed by atoms with Crippen molar-refractivity contribution in [1.29, 1.82) is 0 Å². The summed E-state index contributed by atoms with van der Waals surface area (Å²) in [4.78, 5) is 0. The summed E-state index contributed by atoms with van der Waals surface area (Å²) >= 11 is 4.67. The first kappa shape index (κ1) is 6.96. The van der Waals surface area contributed by atoms with Gasteiger partial charge in [0.15, 0.2) is 0 Å². The van der Waals surface area contributed by atoms with Crippen LogP contribution in [0.2, 0.25) is 0 Å². The van der Waals surface area contributed by atoms with Crippen molar-refractivity contribution in [3.63, 3.8) is 0 Å². The van der Waals surface area contributed by atoms with E-state index < -0.39 is 0 Å². The van der Waals surface area contributed by atoms with E-state index in [1.165, 1.54) is 12.8 Å². The molecule has 1 atom stereocenters. The third-order valence-corrected chi connectivity index (χ3v) is 1.74. The van der Waals surface area contributed by atoms with Crippen LogP contribution in [0.15, 0.2) is 0 Å². The van der Waals surface area contributed by atoms with Crippen LogP contribution in [-0.4, -0.2) is 24.6 Å². The molecule has 1 aliphatic heterocycles. The van der Waals surface area contributed by atoms with Crippen LogP contribution in [0.4, 0.5) is 0 Å². The lowest BCUT2D eigenvalue weighted by atomic mass is 10.1. The van der Waals surface area contributed by atoms with Crippen molar-refractivity contribution in [3.05, 3.63) is 0 Å². The Morgan fingerprint density at radius 2 is 2.56 bits per heavy atom. The minimum Gasteiger partial charge on any atom is -0.378 e. The largest absolute Gasteiger partial charge is 0.378 e. The van der Waals surface area contributed by atoms with Gasteiger partial charge in [0.2, 0.25) is 0 Å². The lowest BCUT2D eigenvalue weighted by molar-refractivity contribution is 0.435. The van der Waals surface area contributed by atoms with Crippen molar-refractivity contribution in [2.75, 3.05) is 13.1 Å². The molecule has 1 saturated heterocycles. The average molecular weight is 144 g/mol. The van der Waals surface area contributed by atoms with Gasteiger partial charge in [-0.05, 0) is 19.4 Å². The molecule has 0 bridgehead atoms. The molecule has 0 aliphatic carbocycles. The highest BCUT2D eigenvalue weighted by atomic mass is 32.1. The van der Waals surface area contributed by atoms with E-state index in [1.807, 2.05) is 0 Å². The molecule has 0 aromatic heterocycles. The smallest absolute Gasteiger partial charge is 0.0617 e. The van der Waals surface area contributed by atoms with Crippen LogP contribution in [0.5, 0.6) is 0 Å². The molecule has 52 valence electrons. The summed E-state index contributed by atoms with van der Waals surface area (Å²) in [6, 6.07) is 0.580. The van der Waals surface area contributed by atoms with Crippen molar-refractivity contribution in [2.24, 2.45) is 0 Å². The number of hydrogen-bond donors (Lipinski definition) is 2. The van der Waals surface area contributed by atoms with Gasteiger partial charge in [-0.25, -0.2) is 0 Å². The number of hydrogen-bond acceptors (Lipinski definition) is 2. The van der Waals surface area contributed by atoms with Gasteiger partial charge in [-0.1, -0.05) is 12.2 Å². The first-order valence-electron chi connectivity index (χ1n) is 3.34. The molecule has 1 unspecified atom stereocenters. The van der Waals surface area contributed by atoms with Crippen LogP contribution in [0, 0.1) is 0 Å². The highest BCUT2D eigenvalue weighted by molar-refractivity contribution is 7.78. The molecule has 1 heterocycles. The summed E-state index contributed by atoms with van der Waals surface area (Å²) in [6.07, 6.45) is 2.51. The predicted molar refractivity (Wildman–Crippen MR) is 42.7 cm³/mol. The van der Waals surface area contributed by atoms with Crippen molar-refractivity contribution in [1.82, 2.24) is 10.6 Å². The highest BCUT2D eigenvalue weighted by Gasteiger charge is 2.09. The predicted octanol–water partition coefficient (Wildman–Crippen LogP) is 0.285. The normalized spacial score (nSPS) is 27.3. The summed E-state index contributed by atoms with van der Waals surface area (Å²) in [5.74, 6) is 0. The van der Waals surface area contributed by atoms with Crippen LogP contribution in [-0.2, 0) is 0 Å². The summed E-state index contributed by atoms with van der Waals surface area (Å²) < 4.78 is 0. The van der Waals surface area contributed by atoms with Crippen molar-refractivity contribution < 1.29 is 0 Å². The average Bonchev–Trinajstić information content (AvgIpc) is 1.91. The Labute approximate surface area is 61.0 Å². The second-order valence-corrected chi connectivity index (χ2v) is 2.56. The topological polar surface area (TPSA) is 24.1 Å². The Morgan fingerprint density at radius 3 is 3.11 bits per heavy atom. The summed E-state index contributed by atoms with van der Waals surface area (Å²) in [7, 11) is 0. The molecule has 3 heteroatoms. The lowest BCUT2D eigenvalue weighted by Crippen LogP contribution is -2.42. The molecule has 0 aromatic carbocycles. The monoisotopic (exact) mass is 144 g/mol. The third-order valence-electron chi connectivity index (χ3n) is 1.60. The maximum atomic E-state index is 4.67. The van der Waals surface area contributed by atoms with Crippen LogP contribution in [0.25, 0.3) is 0 Å². The first-order valence-corrected chi connectivity index (χ1v) is 3.81. The fraction of sp³-hybridized carbons (Fsp3) is 0.833. The van der Waals surface area contributed by atoms with E-state index >= 15 is 0 Å². The second kappa shape index (κ2) is 3.80. The van der Waals surface area contributed by atoms with Crippen LogP contribution < -0.4 is 10.6 Å². The van der Waals surface area contributed by atoms with E-state index in [9.17, 15) is 0 Å². The number of nitrogens with one attached hydrogen (secondary N) is 2. The summed E-state index contributed by atoms with van der Waals surface area (Å²) in [5, 5.41) is 6.40. The van der Waals surface area contributed by atoms with Gasteiger partial charge in [0.1, 0.15) is 0 Å². The van der Waals surface area contributed by atoms with Gasteiger partial charge in [-0.3, -0.25) is 0 Å². The maximum absolute atomic E-state index is 4.67. The SMILES string of the molecule is S=CNC1CCCNC1. The Bertz CT molecular complexity index is 89.1. The second-order valence-electron chi connectivity index (χ2n) is 2.33. The Hall–Kier alpha value is -0.150. The maximum Gasteiger partial charge on any atom is 0.0617 e. The van der Waals surface area contributed by atoms with Crippen LogP contribution in [0.1, 0.15) is 12.8 Å². The molecule has 2 N–H and O–H groups in total. The lowest BCUT2D eigenvalue weighted by Gasteiger charge is -2.22. The van der Waals surface area contributed by atoms with Gasteiger partial charge in [0.05, 0.1) is 5.49 Å². The zero-order valence-electron chi connectivity index (χ0n) is 5.39. The fourth-order valence-corrected chi connectivity index (χ4v) is 1.28. The van der Waals surface area contributed by atoms with Crippen LogP contribution in [0.3, 0.4) is 0 Å². The van der Waals surface area contributed by atoms with E-state index in [1.54, 1.807) is 5.49 Å². The molecule has 1 fully saturated rings. The van der Waals surface area contributed by atoms with Gasteiger partial charge in [-0.2, -0.15) is 0 Å². The van der Waals surface area contributed by atoms with Crippen molar-refractivity contribution >= 4 is 17.7 Å². The van der Waals surface area contributed by atoms with Gasteiger partial charge in [-0.15, -0.1) is 0 Å². The molecule has 2 nitrogen and oxygen atoms in total. The molecule has 0 aromatic rings. The Kier molecular flexibility index (Phi) is 2.94. The standard InChI is InChI=1S/C6H12N2S/c9-5-8-6-2-1-3-7-4-6/h5-7H,1-4H2,(H,8,9). The molecule has 9 heavy (non-hydrogen) atoms. The minimum atomic E-state index is 0.580. The van der Waals surface area contributed by atoms with Crippen molar-refractivity contribution in [2.45, 2.75) is 18.9 Å². The molecule has 0 spiro atoms. The molecular weight excluding hydrogens is 132 g/mol. The molecule has 1 aliphatic rings. The van der Waals surface area contributed by atoms with Crippen LogP contribution >= 0.6 is 12.2 Å². The molecular formula is C6H12N2S. The highest BCUT2D eigenvalue weighted by Crippen LogP contribution is 1.99. The van der Waals surface area contributed by atoms with Gasteiger partial charge < -0.3 is 10.6 Å².